The zero-order valence-corrected chi connectivity index (χ0v) is 10.7. The number of thiazole rings is 1. The molecule has 1 unspecified atom stereocenters. The van der Waals surface area contributed by atoms with E-state index in [4.69, 9.17) is 0 Å². The van der Waals surface area contributed by atoms with Crippen molar-refractivity contribution < 1.29 is 0 Å². The third-order valence-electron chi connectivity index (χ3n) is 3.22. The summed E-state index contributed by atoms with van der Waals surface area (Å²) in [6, 6.07) is 0. The van der Waals surface area contributed by atoms with Gasteiger partial charge in [-0.3, -0.25) is 0 Å². The molecule has 1 aliphatic rings. The van der Waals surface area contributed by atoms with E-state index in [1.165, 1.54) is 12.1 Å². The Hall–Kier alpha value is -1.42. The topological polar surface area (TPSA) is 30.7 Å². The summed E-state index contributed by atoms with van der Waals surface area (Å²) in [6.45, 7) is 3.40. The number of hydrogen-bond donors (Lipinski definition) is 0. The number of nitrogens with zero attached hydrogens (tertiary/aromatic N) is 3. The lowest BCUT2D eigenvalue weighted by Crippen LogP contribution is -2.17. The minimum atomic E-state index is 0.770. The molecule has 0 aliphatic carbocycles. The third-order valence-corrected chi connectivity index (χ3v) is 3.83. The number of hydrogen-bond acceptors (Lipinski definition) is 3. The van der Waals surface area contributed by atoms with Gasteiger partial charge in [0.25, 0.3) is 0 Å². The molecule has 0 radical (unpaired) electrons. The highest BCUT2D eigenvalue weighted by atomic mass is 32.1. The second-order valence-corrected chi connectivity index (χ2v) is 5.34. The predicted octanol–water partition coefficient (Wildman–Crippen LogP) is 3.09. The summed E-state index contributed by atoms with van der Waals surface area (Å²) in [5.74, 6) is 0.770. The highest BCUT2D eigenvalue weighted by molar-refractivity contribution is 7.07. The first kappa shape index (κ1) is 10.7. The van der Waals surface area contributed by atoms with Gasteiger partial charge in [0.2, 0.25) is 0 Å². The zero-order chi connectivity index (χ0) is 11.7. The summed E-state index contributed by atoms with van der Waals surface area (Å²) in [4.78, 5) is 8.72. The van der Waals surface area contributed by atoms with Crippen LogP contribution in [0.15, 0.2) is 17.2 Å². The second-order valence-electron chi connectivity index (χ2n) is 4.62. The number of fused-ring (bicyclic) bond motifs is 1. The standard InChI is InChI=1S/C13H15N3S/c1-10-2-5-13-12(14-8-16(13)6-10)4-3-11-7-17-9-15-11/h3-4,7-10H,2,5-6H2,1H3/b4-3+. The monoisotopic (exact) mass is 245 g/mol. The van der Waals surface area contributed by atoms with Gasteiger partial charge in [-0.1, -0.05) is 6.92 Å². The Balaban J connectivity index is 1.85. The molecule has 3 nitrogen and oxygen atoms in total. The lowest BCUT2D eigenvalue weighted by atomic mass is 9.99. The predicted molar refractivity (Wildman–Crippen MR) is 70.8 cm³/mol. The molecule has 88 valence electrons. The summed E-state index contributed by atoms with van der Waals surface area (Å²) in [7, 11) is 0. The van der Waals surface area contributed by atoms with Crippen LogP contribution in [0.3, 0.4) is 0 Å². The van der Waals surface area contributed by atoms with E-state index in [1.807, 2.05) is 23.3 Å². The molecule has 0 spiro atoms. The Morgan fingerprint density at radius 2 is 2.35 bits per heavy atom. The molecule has 3 rings (SSSR count). The van der Waals surface area contributed by atoms with E-state index in [0.29, 0.717) is 0 Å². The highest BCUT2D eigenvalue weighted by Gasteiger charge is 2.17. The first-order valence-electron chi connectivity index (χ1n) is 5.93. The maximum Gasteiger partial charge on any atom is 0.0955 e. The third kappa shape index (κ3) is 2.17. The largest absolute Gasteiger partial charge is 0.334 e. The van der Waals surface area contributed by atoms with Gasteiger partial charge in [-0.15, -0.1) is 11.3 Å². The maximum atomic E-state index is 4.48. The fourth-order valence-corrected chi connectivity index (χ4v) is 2.79. The molecule has 1 atom stereocenters. The fraction of sp³-hybridized carbons (Fsp3) is 0.385. The molecule has 0 saturated heterocycles. The quantitative estimate of drug-likeness (QED) is 0.814. The van der Waals surface area contributed by atoms with Crippen LogP contribution >= 0.6 is 11.3 Å². The van der Waals surface area contributed by atoms with Gasteiger partial charge < -0.3 is 4.57 Å². The Morgan fingerprint density at radius 3 is 3.18 bits per heavy atom. The molecule has 0 fully saturated rings. The van der Waals surface area contributed by atoms with Gasteiger partial charge in [0.15, 0.2) is 0 Å². The maximum absolute atomic E-state index is 4.48. The molecular formula is C13H15N3S. The number of rotatable bonds is 2. The lowest BCUT2D eigenvalue weighted by molar-refractivity contribution is 0.399. The molecule has 0 amide bonds. The van der Waals surface area contributed by atoms with Crippen LogP contribution < -0.4 is 0 Å². The highest BCUT2D eigenvalue weighted by Crippen LogP contribution is 2.23. The fourth-order valence-electron chi connectivity index (χ4n) is 2.27. The normalized spacial score (nSPS) is 19.7. The zero-order valence-electron chi connectivity index (χ0n) is 9.84. The van der Waals surface area contributed by atoms with Crippen molar-refractivity contribution in [3.05, 3.63) is 34.3 Å². The van der Waals surface area contributed by atoms with Crippen molar-refractivity contribution in [1.82, 2.24) is 14.5 Å². The summed E-state index contributed by atoms with van der Waals surface area (Å²) in [5, 5.41) is 2.04. The second kappa shape index (κ2) is 4.45. The van der Waals surface area contributed by atoms with E-state index in [-0.39, 0.29) is 0 Å². The van der Waals surface area contributed by atoms with E-state index < -0.39 is 0 Å². The van der Waals surface area contributed by atoms with Crippen LogP contribution in [0.2, 0.25) is 0 Å². The van der Waals surface area contributed by atoms with Crippen LogP contribution in [-0.4, -0.2) is 14.5 Å². The SMILES string of the molecule is CC1CCc2c(/C=C/c3cscn3)ncn2C1. The van der Waals surface area contributed by atoms with Gasteiger partial charge in [0.05, 0.1) is 23.2 Å². The van der Waals surface area contributed by atoms with Gasteiger partial charge in [-0.2, -0.15) is 0 Å². The van der Waals surface area contributed by atoms with Crippen molar-refractivity contribution in [2.75, 3.05) is 0 Å². The molecule has 1 aliphatic heterocycles. The smallest absolute Gasteiger partial charge is 0.0955 e. The van der Waals surface area contributed by atoms with Crippen molar-refractivity contribution in [2.24, 2.45) is 5.92 Å². The molecular weight excluding hydrogens is 230 g/mol. The molecule has 2 aromatic heterocycles. The molecule has 0 saturated carbocycles. The average Bonchev–Trinajstić information content (AvgIpc) is 2.94. The van der Waals surface area contributed by atoms with Gasteiger partial charge in [-0.05, 0) is 30.9 Å². The average molecular weight is 245 g/mol. The Morgan fingerprint density at radius 1 is 1.41 bits per heavy atom. The van der Waals surface area contributed by atoms with Crippen molar-refractivity contribution >= 4 is 23.5 Å². The van der Waals surface area contributed by atoms with Gasteiger partial charge in [0.1, 0.15) is 0 Å². The minimum Gasteiger partial charge on any atom is -0.334 e. The summed E-state index contributed by atoms with van der Waals surface area (Å²) in [5.41, 5.74) is 5.34. The molecule has 4 heteroatoms. The Bertz CT molecular complexity index is 525. The van der Waals surface area contributed by atoms with Crippen molar-refractivity contribution in [2.45, 2.75) is 26.3 Å². The molecule has 17 heavy (non-hydrogen) atoms. The molecule has 0 aromatic carbocycles. The summed E-state index contributed by atoms with van der Waals surface area (Å²) < 4.78 is 2.29. The van der Waals surface area contributed by atoms with E-state index in [2.05, 4.69) is 27.5 Å². The molecule has 2 aromatic rings. The van der Waals surface area contributed by atoms with Crippen molar-refractivity contribution in [1.29, 1.82) is 0 Å². The van der Waals surface area contributed by atoms with Crippen LogP contribution in [0, 0.1) is 5.92 Å². The van der Waals surface area contributed by atoms with Crippen LogP contribution in [0.1, 0.15) is 30.4 Å². The first-order valence-corrected chi connectivity index (χ1v) is 6.87. The van der Waals surface area contributed by atoms with E-state index in [0.717, 1.165) is 30.3 Å². The minimum absolute atomic E-state index is 0.770. The lowest BCUT2D eigenvalue weighted by Gasteiger charge is -2.20. The van der Waals surface area contributed by atoms with Crippen molar-refractivity contribution in [3.8, 4) is 0 Å². The van der Waals surface area contributed by atoms with E-state index in [9.17, 15) is 0 Å². The molecule has 3 heterocycles. The van der Waals surface area contributed by atoms with E-state index >= 15 is 0 Å². The molecule has 0 bridgehead atoms. The van der Waals surface area contributed by atoms with E-state index in [1.54, 1.807) is 11.3 Å². The number of imidazole rings is 1. The van der Waals surface area contributed by atoms with Gasteiger partial charge in [-0.25, -0.2) is 9.97 Å². The van der Waals surface area contributed by atoms with Crippen LogP contribution in [0.4, 0.5) is 0 Å². The first-order chi connectivity index (χ1) is 8.33. The van der Waals surface area contributed by atoms with Crippen LogP contribution in [-0.2, 0) is 13.0 Å². The summed E-state index contributed by atoms with van der Waals surface area (Å²) in [6.07, 6.45) is 8.49. The Labute approximate surface area is 105 Å². The van der Waals surface area contributed by atoms with Crippen molar-refractivity contribution in [3.63, 3.8) is 0 Å². The molecule has 0 N–H and O–H groups in total. The van der Waals surface area contributed by atoms with Crippen LogP contribution in [0.25, 0.3) is 12.2 Å². The number of aromatic nitrogens is 3. The Kier molecular flexibility index (Phi) is 2.81. The van der Waals surface area contributed by atoms with Gasteiger partial charge in [0, 0.05) is 17.6 Å². The van der Waals surface area contributed by atoms with Gasteiger partial charge >= 0.3 is 0 Å². The summed E-state index contributed by atoms with van der Waals surface area (Å²) >= 11 is 1.62. The van der Waals surface area contributed by atoms with Crippen LogP contribution in [0.5, 0.6) is 0 Å².